The Labute approximate surface area is 99.7 Å². The van der Waals surface area contributed by atoms with Crippen LogP contribution in [-0.2, 0) is 0 Å². The average molecular weight is 252 g/mol. The van der Waals surface area contributed by atoms with Gasteiger partial charge < -0.3 is 30.6 Å². The molecule has 0 radical (unpaired) electrons. The van der Waals surface area contributed by atoms with Gasteiger partial charge >= 0.3 is 0 Å². The van der Waals surface area contributed by atoms with E-state index in [-0.39, 0.29) is 11.1 Å². The van der Waals surface area contributed by atoms with Gasteiger partial charge in [-0.3, -0.25) is 0 Å². The molecule has 0 atom stereocenters. The number of aromatic hydroxyl groups is 6. The molecule has 0 saturated carbocycles. The minimum atomic E-state index is -0.785. The van der Waals surface area contributed by atoms with E-state index in [4.69, 9.17) is 10.2 Å². The van der Waals surface area contributed by atoms with Crippen molar-refractivity contribution >= 4 is 0 Å². The highest BCUT2D eigenvalue weighted by Gasteiger charge is 2.18. The van der Waals surface area contributed by atoms with E-state index < -0.39 is 35.0 Å². The molecule has 8 heteroatoms. The lowest BCUT2D eigenvalue weighted by Gasteiger charge is -2.08. The molecule has 0 aliphatic rings. The van der Waals surface area contributed by atoms with Gasteiger partial charge in [0.2, 0.25) is 11.8 Å². The maximum atomic E-state index is 9.49. The maximum Gasteiger partial charge on any atom is 0.257 e. The Balaban J connectivity index is 2.69. The number of nitrogens with zero attached hydrogens (tertiary/aromatic N) is 2. The maximum absolute atomic E-state index is 9.49. The molecule has 0 saturated heterocycles. The molecule has 0 amide bonds. The molecule has 0 unspecified atom stereocenters. The third-order valence-electron chi connectivity index (χ3n) is 2.22. The summed E-state index contributed by atoms with van der Waals surface area (Å²) in [4.78, 5) is 6.44. The predicted molar refractivity (Wildman–Crippen MR) is 57.5 cm³/mol. The molecular formula is C10H8N2O6. The Morgan fingerprint density at radius 2 is 0.889 bits per heavy atom. The number of aromatic nitrogens is 2. The number of hydrogen-bond donors (Lipinski definition) is 6. The van der Waals surface area contributed by atoms with Crippen molar-refractivity contribution in [3.05, 3.63) is 12.1 Å². The van der Waals surface area contributed by atoms with E-state index in [1.165, 1.54) is 0 Å². The van der Waals surface area contributed by atoms with Gasteiger partial charge in [0.15, 0.2) is 11.5 Å². The zero-order valence-corrected chi connectivity index (χ0v) is 8.73. The molecule has 0 aliphatic heterocycles. The summed E-state index contributed by atoms with van der Waals surface area (Å²) in [5.41, 5.74) is -0.351. The second-order valence-electron chi connectivity index (χ2n) is 3.40. The van der Waals surface area contributed by atoms with Gasteiger partial charge in [-0.1, -0.05) is 0 Å². The predicted octanol–water partition coefficient (Wildman–Crippen LogP) is 0.377. The SMILES string of the molecule is Oc1cc(-c2cc(O)c(O)nc2O)c(O)nc1O. The van der Waals surface area contributed by atoms with Crippen molar-refractivity contribution in [3.63, 3.8) is 0 Å². The van der Waals surface area contributed by atoms with Gasteiger partial charge in [-0.05, 0) is 12.1 Å². The quantitative estimate of drug-likeness (QED) is 0.426. The summed E-state index contributed by atoms with van der Waals surface area (Å²) in [5, 5.41) is 55.6. The van der Waals surface area contributed by atoms with Crippen LogP contribution in [0, 0.1) is 0 Å². The van der Waals surface area contributed by atoms with Crippen LogP contribution in [0.15, 0.2) is 12.1 Å². The van der Waals surface area contributed by atoms with Crippen molar-refractivity contribution in [2.24, 2.45) is 0 Å². The van der Waals surface area contributed by atoms with E-state index in [0.29, 0.717) is 0 Å². The second-order valence-corrected chi connectivity index (χ2v) is 3.40. The lowest BCUT2D eigenvalue weighted by molar-refractivity contribution is 0.368. The third-order valence-corrected chi connectivity index (χ3v) is 2.22. The molecule has 6 N–H and O–H groups in total. The molecule has 94 valence electrons. The first-order chi connectivity index (χ1) is 8.40. The molecule has 8 nitrogen and oxygen atoms in total. The van der Waals surface area contributed by atoms with Gasteiger partial charge in [-0.15, -0.1) is 0 Å². The summed E-state index contributed by atoms with van der Waals surface area (Å²) >= 11 is 0. The lowest BCUT2D eigenvalue weighted by atomic mass is 10.1. The Kier molecular flexibility index (Phi) is 2.47. The van der Waals surface area contributed by atoms with Crippen molar-refractivity contribution in [2.75, 3.05) is 0 Å². The first-order valence-electron chi connectivity index (χ1n) is 4.64. The topological polar surface area (TPSA) is 147 Å². The van der Waals surface area contributed by atoms with Gasteiger partial charge in [-0.25, -0.2) is 0 Å². The summed E-state index contributed by atoms with van der Waals surface area (Å²) in [6.45, 7) is 0. The zero-order chi connectivity index (χ0) is 13.4. The Bertz CT molecular complexity index is 573. The van der Waals surface area contributed by atoms with Crippen LogP contribution >= 0.6 is 0 Å². The molecule has 18 heavy (non-hydrogen) atoms. The Morgan fingerprint density at radius 3 is 1.22 bits per heavy atom. The molecule has 2 heterocycles. The first kappa shape index (κ1) is 11.6. The molecule has 2 aromatic heterocycles. The normalized spacial score (nSPS) is 10.4. The number of rotatable bonds is 1. The largest absolute Gasteiger partial charge is 0.503 e. The van der Waals surface area contributed by atoms with Crippen molar-refractivity contribution in [2.45, 2.75) is 0 Å². The molecule has 2 rings (SSSR count). The first-order valence-corrected chi connectivity index (χ1v) is 4.64. The van der Waals surface area contributed by atoms with Crippen LogP contribution in [0.5, 0.6) is 35.0 Å². The van der Waals surface area contributed by atoms with E-state index in [1.807, 2.05) is 0 Å². The minimum absolute atomic E-state index is 0.175. The molecule has 0 bridgehead atoms. The Hall–Kier alpha value is -2.90. The number of pyridine rings is 2. The van der Waals surface area contributed by atoms with E-state index in [2.05, 4.69) is 9.97 Å². The molecule has 0 aliphatic carbocycles. The van der Waals surface area contributed by atoms with E-state index >= 15 is 0 Å². The van der Waals surface area contributed by atoms with Gasteiger partial charge in [0.25, 0.3) is 11.8 Å². The van der Waals surface area contributed by atoms with E-state index in [1.54, 1.807) is 0 Å². The summed E-state index contributed by atoms with van der Waals surface area (Å²) in [7, 11) is 0. The van der Waals surface area contributed by atoms with Gasteiger partial charge in [0, 0.05) is 0 Å². The second kappa shape index (κ2) is 3.84. The van der Waals surface area contributed by atoms with Gasteiger partial charge in [0.1, 0.15) is 0 Å². The standard InChI is InChI=1S/C10H8N2O6/c13-5-1-3(7(15)11-9(5)17)4-2-6(14)10(18)12-8(4)16/h1-2,13-14H,(H2,11,15,17)(H2,12,16,18). The lowest BCUT2D eigenvalue weighted by Crippen LogP contribution is -1.87. The highest BCUT2D eigenvalue weighted by atomic mass is 16.3. The summed E-state index contributed by atoms with van der Waals surface area (Å²) in [6, 6.07) is 1.84. The van der Waals surface area contributed by atoms with Crippen molar-refractivity contribution in [1.82, 2.24) is 9.97 Å². The molecule has 0 aromatic carbocycles. The zero-order valence-electron chi connectivity index (χ0n) is 8.73. The smallest absolute Gasteiger partial charge is 0.257 e. The third kappa shape index (κ3) is 1.75. The fourth-order valence-electron chi connectivity index (χ4n) is 1.36. The minimum Gasteiger partial charge on any atom is -0.503 e. The molecule has 2 aromatic rings. The van der Waals surface area contributed by atoms with Crippen LogP contribution < -0.4 is 0 Å². The molecular weight excluding hydrogens is 244 g/mol. The van der Waals surface area contributed by atoms with Crippen LogP contribution in [0.25, 0.3) is 11.1 Å². The fraction of sp³-hybridized carbons (Fsp3) is 0. The fourth-order valence-corrected chi connectivity index (χ4v) is 1.36. The van der Waals surface area contributed by atoms with Crippen molar-refractivity contribution in [1.29, 1.82) is 0 Å². The average Bonchev–Trinajstić information content (AvgIpc) is 2.29. The highest BCUT2D eigenvalue weighted by Crippen LogP contribution is 2.41. The molecule has 0 spiro atoms. The van der Waals surface area contributed by atoms with Crippen LogP contribution in [-0.4, -0.2) is 40.6 Å². The van der Waals surface area contributed by atoms with E-state index in [0.717, 1.165) is 12.1 Å². The number of hydrogen-bond acceptors (Lipinski definition) is 8. The van der Waals surface area contributed by atoms with Crippen LogP contribution in [0.3, 0.4) is 0 Å². The van der Waals surface area contributed by atoms with E-state index in [9.17, 15) is 20.4 Å². The molecule has 0 fully saturated rings. The van der Waals surface area contributed by atoms with Gasteiger partial charge in [0.05, 0.1) is 11.1 Å². The van der Waals surface area contributed by atoms with Crippen molar-refractivity contribution < 1.29 is 30.6 Å². The summed E-state index contributed by atoms with van der Waals surface area (Å²) < 4.78 is 0. The summed E-state index contributed by atoms with van der Waals surface area (Å²) in [6.07, 6.45) is 0. The Morgan fingerprint density at radius 1 is 0.556 bits per heavy atom. The monoisotopic (exact) mass is 252 g/mol. The summed E-state index contributed by atoms with van der Waals surface area (Å²) in [5.74, 6) is -4.21. The van der Waals surface area contributed by atoms with Crippen molar-refractivity contribution in [3.8, 4) is 46.1 Å². The van der Waals surface area contributed by atoms with Crippen LogP contribution in [0.2, 0.25) is 0 Å². The highest BCUT2D eigenvalue weighted by molar-refractivity contribution is 5.76. The van der Waals surface area contributed by atoms with Gasteiger partial charge in [-0.2, -0.15) is 9.97 Å². The van der Waals surface area contributed by atoms with Crippen LogP contribution in [0.1, 0.15) is 0 Å². The van der Waals surface area contributed by atoms with Crippen LogP contribution in [0.4, 0.5) is 0 Å².